The van der Waals surface area contributed by atoms with Crippen LogP contribution in [0.25, 0.3) is 6.08 Å². The Morgan fingerprint density at radius 2 is 2.03 bits per heavy atom. The second-order valence-electron chi connectivity index (χ2n) is 6.16. The van der Waals surface area contributed by atoms with Gasteiger partial charge >= 0.3 is 5.69 Å². The van der Waals surface area contributed by atoms with E-state index in [-0.39, 0.29) is 17.1 Å². The van der Waals surface area contributed by atoms with Gasteiger partial charge in [-0.2, -0.15) is 10.4 Å². The van der Waals surface area contributed by atoms with Crippen molar-refractivity contribution in [1.82, 2.24) is 9.78 Å². The number of nitro groups is 1. The number of ether oxygens (including phenoxy) is 1. The summed E-state index contributed by atoms with van der Waals surface area (Å²) in [5.74, 6) is 0.495. The molecule has 10 heteroatoms. The van der Waals surface area contributed by atoms with Gasteiger partial charge in [0.2, 0.25) is 9.84 Å². The Morgan fingerprint density at radius 3 is 2.63 bits per heavy atom. The minimum absolute atomic E-state index is 0.0235. The van der Waals surface area contributed by atoms with E-state index in [4.69, 9.17) is 4.74 Å². The first-order valence-corrected chi connectivity index (χ1v) is 10.1. The Labute approximate surface area is 172 Å². The van der Waals surface area contributed by atoms with Crippen molar-refractivity contribution in [1.29, 1.82) is 5.26 Å². The van der Waals surface area contributed by atoms with Crippen LogP contribution in [0.15, 0.2) is 70.7 Å². The summed E-state index contributed by atoms with van der Waals surface area (Å²) in [6.45, 7) is 0.159. The van der Waals surface area contributed by atoms with E-state index in [0.29, 0.717) is 16.9 Å². The smallest absolute Gasteiger partial charge is 0.307 e. The van der Waals surface area contributed by atoms with E-state index in [1.165, 1.54) is 36.2 Å². The number of hydrogen-bond donors (Lipinski definition) is 0. The highest BCUT2D eigenvalue weighted by Crippen LogP contribution is 2.25. The molecule has 9 nitrogen and oxygen atoms in total. The Kier molecular flexibility index (Phi) is 5.94. The van der Waals surface area contributed by atoms with Gasteiger partial charge in [0.05, 0.1) is 23.5 Å². The molecule has 0 radical (unpaired) electrons. The van der Waals surface area contributed by atoms with Crippen LogP contribution in [-0.4, -0.2) is 30.2 Å². The lowest BCUT2D eigenvalue weighted by Crippen LogP contribution is -2.04. The molecule has 0 fully saturated rings. The molecular formula is C20H16N4O5S. The zero-order valence-corrected chi connectivity index (χ0v) is 16.6. The van der Waals surface area contributed by atoms with Gasteiger partial charge in [-0.15, -0.1) is 0 Å². The number of benzene rings is 2. The van der Waals surface area contributed by atoms with Crippen LogP contribution in [0, 0.1) is 21.4 Å². The predicted octanol–water partition coefficient (Wildman–Crippen LogP) is 3.19. The first-order chi connectivity index (χ1) is 14.3. The number of hydrogen-bond acceptors (Lipinski definition) is 7. The highest BCUT2D eigenvalue weighted by Gasteiger charge is 2.20. The fraction of sp³-hybridized carbons (Fsp3) is 0.100. The van der Waals surface area contributed by atoms with E-state index in [0.717, 1.165) is 6.20 Å². The molecule has 0 aliphatic carbocycles. The number of sulfone groups is 1. The zero-order chi connectivity index (χ0) is 21.7. The van der Waals surface area contributed by atoms with Crippen LogP contribution in [-0.2, 0) is 16.4 Å². The summed E-state index contributed by atoms with van der Waals surface area (Å²) in [6, 6.07) is 14.3. The van der Waals surface area contributed by atoms with Crippen molar-refractivity contribution in [2.45, 2.75) is 11.4 Å². The molecule has 3 rings (SSSR count). The molecule has 0 unspecified atom stereocenters. The van der Waals surface area contributed by atoms with Crippen LogP contribution < -0.4 is 4.74 Å². The maximum atomic E-state index is 12.7. The van der Waals surface area contributed by atoms with E-state index in [9.17, 15) is 23.8 Å². The zero-order valence-electron chi connectivity index (χ0n) is 15.8. The molecule has 1 aromatic heterocycles. The highest BCUT2D eigenvalue weighted by molar-refractivity contribution is 7.95. The number of methoxy groups -OCH3 is 1. The number of rotatable bonds is 7. The van der Waals surface area contributed by atoms with E-state index >= 15 is 0 Å². The molecule has 0 amide bonds. The van der Waals surface area contributed by atoms with Crippen molar-refractivity contribution >= 4 is 21.6 Å². The lowest BCUT2D eigenvalue weighted by atomic mass is 10.1. The highest BCUT2D eigenvalue weighted by atomic mass is 32.2. The van der Waals surface area contributed by atoms with E-state index < -0.39 is 19.7 Å². The fourth-order valence-electron chi connectivity index (χ4n) is 2.77. The number of allylic oxidation sites excluding steroid dienone is 1. The van der Waals surface area contributed by atoms with Crippen LogP contribution >= 0.6 is 0 Å². The fourth-order valence-corrected chi connectivity index (χ4v) is 3.95. The number of aromatic nitrogens is 2. The lowest BCUT2D eigenvalue weighted by Gasteiger charge is -2.10. The van der Waals surface area contributed by atoms with Gasteiger partial charge in [0, 0.05) is 5.56 Å². The molecule has 0 spiro atoms. The Bertz CT molecular complexity index is 1260. The topological polar surface area (TPSA) is 128 Å². The van der Waals surface area contributed by atoms with Crippen LogP contribution in [0.3, 0.4) is 0 Å². The molecule has 0 aliphatic heterocycles. The van der Waals surface area contributed by atoms with Crippen LogP contribution in [0.2, 0.25) is 0 Å². The summed E-state index contributed by atoms with van der Waals surface area (Å²) in [6.07, 6.45) is 3.69. The molecule has 1 heterocycles. The van der Waals surface area contributed by atoms with Crippen LogP contribution in [0.1, 0.15) is 11.1 Å². The maximum absolute atomic E-state index is 12.7. The predicted molar refractivity (Wildman–Crippen MR) is 108 cm³/mol. The van der Waals surface area contributed by atoms with E-state index in [1.54, 1.807) is 42.5 Å². The molecule has 0 saturated carbocycles. The third kappa shape index (κ3) is 4.37. The van der Waals surface area contributed by atoms with Crippen molar-refractivity contribution in [3.8, 4) is 11.8 Å². The molecule has 2 aromatic carbocycles. The van der Waals surface area contributed by atoms with Gasteiger partial charge in [0.25, 0.3) is 0 Å². The molecule has 0 N–H and O–H groups in total. The third-order valence-corrected chi connectivity index (χ3v) is 5.90. The van der Waals surface area contributed by atoms with Gasteiger partial charge in [-0.25, -0.2) is 8.42 Å². The monoisotopic (exact) mass is 424 g/mol. The lowest BCUT2D eigenvalue weighted by molar-refractivity contribution is -0.385. The van der Waals surface area contributed by atoms with Gasteiger partial charge in [0.15, 0.2) is 0 Å². The van der Waals surface area contributed by atoms with Crippen molar-refractivity contribution in [2.24, 2.45) is 0 Å². The minimum atomic E-state index is -3.97. The van der Waals surface area contributed by atoms with E-state index in [1.807, 2.05) is 0 Å². The largest absolute Gasteiger partial charge is 0.496 e. The Hall–Kier alpha value is -3.97. The summed E-state index contributed by atoms with van der Waals surface area (Å²) in [4.78, 5) is 9.91. The molecule has 0 bridgehead atoms. The summed E-state index contributed by atoms with van der Waals surface area (Å²) in [5.41, 5.74) is 0.924. The normalized spacial score (nSPS) is 11.7. The summed E-state index contributed by atoms with van der Waals surface area (Å²) >= 11 is 0. The van der Waals surface area contributed by atoms with Crippen molar-refractivity contribution in [3.63, 3.8) is 0 Å². The molecule has 0 aliphatic rings. The molecule has 0 saturated heterocycles. The maximum Gasteiger partial charge on any atom is 0.307 e. The van der Waals surface area contributed by atoms with E-state index in [2.05, 4.69) is 5.10 Å². The minimum Gasteiger partial charge on any atom is -0.496 e. The molecule has 30 heavy (non-hydrogen) atoms. The number of nitrogens with zero attached hydrogens (tertiary/aromatic N) is 4. The second kappa shape index (κ2) is 8.59. The summed E-state index contributed by atoms with van der Waals surface area (Å²) in [5, 5.41) is 24.2. The molecular weight excluding hydrogens is 408 g/mol. The summed E-state index contributed by atoms with van der Waals surface area (Å²) in [7, 11) is -2.49. The third-order valence-electron chi connectivity index (χ3n) is 4.22. The van der Waals surface area contributed by atoms with Crippen molar-refractivity contribution in [2.75, 3.05) is 7.11 Å². The number of nitriles is 1. The van der Waals surface area contributed by atoms with Crippen LogP contribution in [0.5, 0.6) is 5.75 Å². The molecule has 3 aromatic rings. The van der Waals surface area contributed by atoms with Crippen molar-refractivity contribution in [3.05, 3.63) is 87.1 Å². The van der Waals surface area contributed by atoms with Gasteiger partial charge in [-0.1, -0.05) is 24.3 Å². The van der Waals surface area contributed by atoms with Gasteiger partial charge < -0.3 is 4.74 Å². The first kappa shape index (κ1) is 20.8. The average Bonchev–Trinajstić information content (AvgIpc) is 3.21. The molecule has 152 valence electrons. The van der Waals surface area contributed by atoms with Gasteiger partial charge in [-0.05, 0) is 35.9 Å². The van der Waals surface area contributed by atoms with Crippen LogP contribution in [0.4, 0.5) is 5.69 Å². The SMILES string of the molecule is COc1ccc(/C=C(\C#N)S(=O)(=O)c2ccccc2)cc1Cn1cc([N+](=O)[O-])cn1. The Morgan fingerprint density at radius 1 is 1.30 bits per heavy atom. The Balaban J connectivity index is 1.98. The second-order valence-corrected chi connectivity index (χ2v) is 8.08. The van der Waals surface area contributed by atoms with Crippen molar-refractivity contribution < 1.29 is 18.1 Å². The average molecular weight is 424 g/mol. The van der Waals surface area contributed by atoms with Gasteiger partial charge in [0.1, 0.15) is 29.1 Å². The first-order valence-electron chi connectivity index (χ1n) is 8.61. The standard InChI is InChI=1S/C20H16N4O5S/c1-29-20-8-7-15(9-16(20)13-23-14-17(12-22-23)24(25)26)10-19(11-21)30(27,28)18-5-3-2-4-6-18/h2-10,12,14H,13H2,1H3/b19-10+. The summed E-state index contributed by atoms with van der Waals surface area (Å²) < 4.78 is 32.2. The molecule has 0 atom stereocenters. The van der Waals surface area contributed by atoms with Gasteiger partial charge in [-0.3, -0.25) is 14.8 Å². The quantitative estimate of drug-likeness (QED) is 0.324.